The molecule has 2 aliphatic rings. The molecular weight excluding hydrogens is 226 g/mol. The Morgan fingerprint density at radius 2 is 1.89 bits per heavy atom. The van der Waals surface area contributed by atoms with Gasteiger partial charge in [0, 0.05) is 0 Å². The molecule has 0 amide bonds. The molecule has 0 bridgehead atoms. The highest BCUT2D eigenvalue weighted by molar-refractivity contribution is 5.72. The third-order valence-electron chi connectivity index (χ3n) is 4.30. The van der Waals surface area contributed by atoms with Gasteiger partial charge in [0.05, 0.1) is 5.92 Å². The molecule has 104 valence electrons. The number of esters is 1. The second-order valence-electron chi connectivity index (χ2n) is 7.00. The van der Waals surface area contributed by atoms with E-state index in [0.717, 1.165) is 38.8 Å². The molecule has 1 aliphatic heterocycles. The minimum Gasteiger partial charge on any atom is -0.462 e. The molecule has 1 aliphatic carbocycles. The van der Waals surface area contributed by atoms with Crippen molar-refractivity contribution in [2.24, 2.45) is 17.3 Å². The molecule has 2 atom stereocenters. The Labute approximate surface area is 111 Å². The molecule has 1 heterocycles. The van der Waals surface area contributed by atoms with Gasteiger partial charge in [0.25, 0.3) is 0 Å². The van der Waals surface area contributed by atoms with Gasteiger partial charge in [-0.3, -0.25) is 4.79 Å². The topological polar surface area (TPSA) is 38.3 Å². The molecule has 0 aromatic carbocycles. The molecule has 0 spiro atoms. The molecule has 1 N–H and O–H groups in total. The summed E-state index contributed by atoms with van der Waals surface area (Å²) in [6, 6.07) is 0. The van der Waals surface area contributed by atoms with E-state index in [4.69, 9.17) is 4.74 Å². The Bertz CT molecular complexity index is 295. The molecule has 3 heteroatoms. The predicted octanol–water partition coefficient (Wildman–Crippen LogP) is 2.74. The Balaban J connectivity index is 1.86. The summed E-state index contributed by atoms with van der Waals surface area (Å²) < 4.78 is 5.77. The Kier molecular flexibility index (Phi) is 4.31. The monoisotopic (exact) mass is 253 g/mol. The normalized spacial score (nSPS) is 33.1. The van der Waals surface area contributed by atoms with Gasteiger partial charge in [0.1, 0.15) is 6.10 Å². The van der Waals surface area contributed by atoms with Gasteiger partial charge in [-0.15, -0.1) is 0 Å². The fourth-order valence-electron chi connectivity index (χ4n) is 3.67. The summed E-state index contributed by atoms with van der Waals surface area (Å²) in [7, 11) is 0. The Hall–Kier alpha value is -0.570. The zero-order chi connectivity index (χ0) is 13.2. The van der Waals surface area contributed by atoms with Crippen LogP contribution in [-0.2, 0) is 9.53 Å². The van der Waals surface area contributed by atoms with E-state index in [2.05, 4.69) is 26.1 Å². The van der Waals surface area contributed by atoms with Gasteiger partial charge in [0.15, 0.2) is 0 Å². The van der Waals surface area contributed by atoms with E-state index in [9.17, 15) is 4.79 Å². The van der Waals surface area contributed by atoms with E-state index in [1.807, 2.05) is 0 Å². The van der Waals surface area contributed by atoms with Crippen molar-refractivity contribution in [3.63, 3.8) is 0 Å². The summed E-state index contributed by atoms with van der Waals surface area (Å²) in [5.41, 5.74) is 0.316. The minimum absolute atomic E-state index is 0.0476. The van der Waals surface area contributed by atoms with Crippen LogP contribution in [0.2, 0.25) is 0 Å². The molecule has 0 radical (unpaired) electrons. The zero-order valence-electron chi connectivity index (χ0n) is 12.0. The van der Waals surface area contributed by atoms with Crippen LogP contribution in [-0.4, -0.2) is 25.2 Å². The van der Waals surface area contributed by atoms with Crippen molar-refractivity contribution >= 4 is 5.97 Å². The summed E-state index contributed by atoms with van der Waals surface area (Å²) in [5, 5.41) is 3.29. The van der Waals surface area contributed by atoms with Crippen molar-refractivity contribution in [1.82, 2.24) is 5.32 Å². The molecule has 3 nitrogen and oxygen atoms in total. The second-order valence-corrected chi connectivity index (χ2v) is 7.00. The molecule has 2 rings (SSSR count). The summed E-state index contributed by atoms with van der Waals surface area (Å²) >= 11 is 0. The molecule has 1 saturated carbocycles. The van der Waals surface area contributed by atoms with E-state index >= 15 is 0 Å². The van der Waals surface area contributed by atoms with Crippen LogP contribution in [0, 0.1) is 17.3 Å². The predicted molar refractivity (Wildman–Crippen MR) is 72.3 cm³/mol. The largest absolute Gasteiger partial charge is 0.462 e. The smallest absolute Gasteiger partial charge is 0.309 e. The van der Waals surface area contributed by atoms with Crippen LogP contribution in [0.5, 0.6) is 0 Å². The third kappa shape index (κ3) is 3.71. The zero-order valence-corrected chi connectivity index (χ0v) is 12.0. The number of hydrogen-bond donors (Lipinski definition) is 1. The molecule has 0 aromatic heterocycles. The average Bonchev–Trinajstić information content (AvgIpc) is 2.27. The summed E-state index contributed by atoms with van der Waals surface area (Å²) in [5.74, 6) is 0.845. The van der Waals surface area contributed by atoms with Gasteiger partial charge in [0.2, 0.25) is 0 Å². The summed E-state index contributed by atoms with van der Waals surface area (Å²) in [4.78, 5) is 12.1. The maximum Gasteiger partial charge on any atom is 0.309 e. The van der Waals surface area contributed by atoms with Gasteiger partial charge in [-0.1, -0.05) is 20.8 Å². The number of hydrogen-bond acceptors (Lipinski definition) is 3. The van der Waals surface area contributed by atoms with Crippen molar-refractivity contribution in [1.29, 1.82) is 0 Å². The first kappa shape index (κ1) is 13.9. The number of rotatable bonds is 2. The first-order valence-electron chi connectivity index (χ1n) is 7.37. The number of carbonyl (C=O) groups is 1. The third-order valence-corrected chi connectivity index (χ3v) is 4.30. The van der Waals surface area contributed by atoms with Gasteiger partial charge < -0.3 is 10.1 Å². The second kappa shape index (κ2) is 5.60. The Morgan fingerprint density at radius 3 is 2.50 bits per heavy atom. The van der Waals surface area contributed by atoms with Crippen LogP contribution in [0.3, 0.4) is 0 Å². The van der Waals surface area contributed by atoms with E-state index < -0.39 is 0 Å². The van der Waals surface area contributed by atoms with Crippen LogP contribution < -0.4 is 5.32 Å². The Morgan fingerprint density at radius 1 is 1.22 bits per heavy atom. The minimum atomic E-state index is 0.0476. The average molecular weight is 253 g/mol. The molecule has 1 saturated heterocycles. The van der Waals surface area contributed by atoms with Crippen LogP contribution in [0.25, 0.3) is 0 Å². The fraction of sp³-hybridized carbons (Fsp3) is 0.933. The lowest BCUT2D eigenvalue weighted by Gasteiger charge is -2.39. The van der Waals surface area contributed by atoms with Crippen molar-refractivity contribution in [3.05, 3.63) is 0 Å². The lowest BCUT2D eigenvalue weighted by atomic mass is 9.71. The van der Waals surface area contributed by atoms with Gasteiger partial charge in [-0.05, 0) is 56.5 Å². The van der Waals surface area contributed by atoms with Crippen molar-refractivity contribution in [2.75, 3.05) is 13.1 Å². The lowest BCUT2D eigenvalue weighted by molar-refractivity contribution is -0.159. The maximum absolute atomic E-state index is 12.1. The number of piperidine rings is 1. The standard InChI is InChI=1S/C15H27NO2/c1-11-8-13(10-15(2,3)9-11)18-14(17)12-4-6-16-7-5-12/h11-13,16H,4-10H2,1-3H3. The first-order valence-corrected chi connectivity index (χ1v) is 7.37. The molecule has 2 unspecified atom stereocenters. The van der Waals surface area contributed by atoms with Gasteiger partial charge in [-0.2, -0.15) is 0 Å². The van der Waals surface area contributed by atoms with E-state index in [1.54, 1.807) is 0 Å². The van der Waals surface area contributed by atoms with E-state index in [1.165, 1.54) is 6.42 Å². The molecule has 0 aromatic rings. The van der Waals surface area contributed by atoms with Gasteiger partial charge >= 0.3 is 5.97 Å². The van der Waals surface area contributed by atoms with E-state index in [0.29, 0.717) is 11.3 Å². The maximum atomic E-state index is 12.1. The van der Waals surface area contributed by atoms with Crippen molar-refractivity contribution in [2.45, 2.75) is 59.0 Å². The van der Waals surface area contributed by atoms with Gasteiger partial charge in [-0.25, -0.2) is 0 Å². The van der Waals surface area contributed by atoms with Crippen LogP contribution in [0.15, 0.2) is 0 Å². The number of nitrogens with one attached hydrogen (secondary N) is 1. The first-order chi connectivity index (χ1) is 8.46. The summed E-state index contributed by atoms with van der Waals surface area (Å²) in [6.45, 7) is 8.74. The highest BCUT2D eigenvalue weighted by Gasteiger charge is 2.35. The van der Waals surface area contributed by atoms with Crippen LogP contribution in [0.1, 0.15) is 52.9 Å². The SMILES string of the molecule is CC1CC(OC(=O)C2CCNCC2)CC(C)(C)C1. The number of carbonyl (C=O) groups excluding carboxylic acids is 1. The fourth-order valence-corrected chi connectivity index (χ4v) is 3.67. The van der Waals surface area contributed by atoms with E-state index in [-0.39, 0.29) is 18.0 Å². The quantitative estimate of drug-likeness (QED) is 0.769. The molecular formula is C15H27NO2. The highest BCUT2D eigenvalue weighted by atomic mass is 16.5. The van der Waals surface area contributed by atoms with Crippen LogP contribution >= 0.6 is 0 Å². The highest BCUT2D eigenvalue weighted by Crippen LogP contribution is 2.40. The molecule has 2 fully saturated rings. The summed E-state index contributed by atoms with van der Waals surface area (Å²) in [6.07, 6.45) is 5.32. The van der Waals surface area contributed by atoms with Crippen molar-refractivity contribution in [3.8, 4) is 0 Å². The van der Waals surface area contributed by atoms with Crippen molar-refractivity contribution < 1.29 is 9.53 Å². The molecule has 18 heavy (non-hydrogen) atoms. The number of ether oxygens (including phenoxy) is 1. The lowest BCUT2D eigenvalue weighted by Crippen LogP contribution is -2.38. The van der Waals surface area contributed by atoms with Crippen LogP contribution in [0.4, 0.5) is 0 Å².